The Hall–Kier alpha value is -2.40. The molecule has 3 aromatic rings. The van der Waals surface area contributed by atoms with Gasteiger partial charge in [-0.2, -0.15) is 0 Å². The van der Waals surface area contributed by atoms with Gasteiger partial charge in [-0.1, -0.05) is 34.1 Å². The Balaban J connectivity index is 1.82. The molecule has 0 unspecified atom stereocenters. The first kappa shape index (κ1) is 16.5. The van der Waals surface area contributed by atoms with Crippen LogP contribution >= 0.6 is 15.9 Å². The van der Waals surface area contributed by atoms with Crippen LogP contribution in [0, 0.1) is 0 Å². The van der Waals surface area contributed by atoms with Crippen molar-refractivity contribution >= 4 is 32.6 Å². The normalized spacial score (nSPS) is 10.6. The van der Waals surface area contributed by atoms with Gasteiger partial charge in [-0.25, -0.2) is 0 Å². The zero-order chi connectivity index (χ0) is 16.9. The molecule has 0 fully saturated rings. The van der Waals surface area contributed by atoms with Crippen LogP contribution in [0.4, 0.5) is 0 Å². The van der Waals surface area contributed by atoms with Crippen molar-refractivity contribution < 1.29 is 14.3 Å². The van der Waals surface area contributed by atoms with Crippen LogP contribution in [0.15, 0.2) is 54.7 Å². The topological polar surface area (TPSA) is 48.4 Å². The molecule has 5 heteroatoms. The number of fused-ring (bicyclic) bond motifs is 1. The van der Waals surface area contributed by atoms with Gasteiger partial charge in [0.05, 0.1) is 18.0 Å². The zero-order valence-corrected chi connectivity index (χ0v) is 14.7. The van der Waals surface area contributed by atoms with Crippen molar-refractivity contribution in [2.45, 2.75) is 6.61 Å². The van der Waals surface area contributed by atoms with Crippen LogP contribution in [0.25, 0.3) is 10.9 Å². The summed E-state index contributed by atoms with van der Waals surface area (Å²) < 4.78 is 11.1. The number of nitrogens with zero attached hydrogens (tertiary/aromatic N) is 1. The van der Waals surface area contributed by atoms with Crippen molar-refractivity contribution in [1.29, 1.82) is 0 Å². The van der Waals surface area contributed by atoms with E-state index in [4.69, 9.17) is 9.47 Å². The third-order valence-electron chi connectivity index (χ3n) is 3.70. The number of hydrogen-bond acceptors (Lipinski definition) is 4. The van der Waals surface area contributed by atoms with Gasteiger partial charge in [-0.3, -0.25) is 9.78 Å². The lowest BCUT2D eigenvalue weighted by Gasteiger charge is -2.10. The highest BCUT2D eigenvalue weighted by Crippen LogP contribution is 2.26. The molecule has 2 aromatic carbocycles. The lowest BCUT2D eigenvalue weighted by molar-refractivity contribution is 0.102. The molecule has 0 aliphatic heterocycles. The third-order valence-corrected chi connectivity index (χ3v) is 4.21. The highest BCUT2D eigenvalue weighted by atomic mass is 79.9. The van der Waals surface area contributed by atoms with Crippen LogP contribution in [0.5, 0.6) is 11.5 Å². The third kappa shape index (κ3) is 3.57. The Kier molecular flexibility index (Phi) is 5.11. The molecule has 122 valence electrons. The van der Waals surface area contributed by atoms with Crippen LogP contribution < -0.4 is 9.47 Å². The number of halogens is 1. The quantitative estimate of drug-likeness (QED) is 0.466. The second-order valence-corrected chi connectivity index (χ2v) is 5.80. The predicted octanol–water partition coefficient (Wildman–Crippen LogP) is 4.40. The fourth-order valence-electron chi connectivity index (χ4n) is 2.38. The van der Waals surface area contributed by atoms with Crippen molar-refractivity contribution in [3.8, 4) is 11.5 Å². The fourth-order valence-corrected chi connectivity index (χ4v) is 2.70. The second-order valence-electron chi connectivity index (χ2n) is 5.23. The van der Waals surface area contributed by atoms with E-state index in [1.54, 1.807) is 25.4 Å². The number of hydrogen-bond donors (Lipinski definition) is 0. The summed E-state index contributed by atoms with van der Waals surface area (Å²) >= 11 is 3.19. The predicted molar refractivity (Wildman–Crippen MR) is 97.2 cm³/mol. The first-order valence-corrected chi connectivity index (χ1v) is 8.57. The standard InChI is InChI=1S/C19H16BrNO3/c1-23-15-5-2-13(3-6-15)12-24-19-8-9-21-17-10-14(18(22)11-20)4-7-16(17)19/h2-10H,11-12H2,1H3. The van der Waals surface area contributed by atoms with Crippen LogP contribution in [0.1, 0.15) is 15.9 Å². The van der Waals surface area contributed by atoms with E-state index in [9.17, 15) is 4.79 Å². The summed E-state index contributed by atoms with van der Waals surface area (Å²) in [6, 6.07) is 15.0. The van der Waals surface area contributed by atoms with Gasteiger partial charge in [0.15, 0.2) is 5.78 Å². The minimum atomic E-state index is 0.0308. The maximum atomic E-state index is 11.8. The molecule has 0 bridgehead atoms. The van der Waals surface area contributed by atoms with Crippen molar-refractivity contribution in [2.24, 2.45) is 0 Å². The number of ketones is 1. The molecule has 0 saturated carbocycles. The Morgan fingerprint density at radius 3 is 2.62 bits per heavy atom. The molecule has 0 saturated heterocycles. The van der Waals surface area contributed by atoms with Gasteiger partial charge >= 0.3 is 0 Å². The minimum absolute atomic E-state index is 0.0308. The summed E-state index contributed by atoms with van der Waals surface area (Å²) in [4.78, 5) is 16.1. The molecule has 1 heterocycles. The first-order chi connectivity index (χ1) is 11.7. The zero-order valence-electron chi connectivity index (χ0n) is 13.2. The molecule has 0 spiro atoms. The van der Waals surface area contributed by atoms with Crippen molar-refractivity contribution in [3.63, 3.8) is 0 Å². The lowest BCUT2D eigenvalue weighted by Crippen LogP contribution is -2.00. The van der Waals surface area contributed by atoms with E-state index < -0.39 is 0 Å². The van der Waals surface area contributed by atoms with Crippen molar-refractivity contribution in [1.82, 2.24) is 4.98 Å². The maximum absolute atomic E-state index is 11.8. The number of pyridine rings is 1. The number of methoxy groups -OCH3 is 1. The molecule has 3 rings (SSSR count). The monoisotopic (exact) mass is 385 g/mol. The summed E-state index contributed by atoms with van der Waals surface area (Å²) in [6.07, 6.45) is 1.69. The Morgan fingerprint density at radius 2 is 1.92 bits per heavy atom. The Morgan fingerprint density at radius 1 is 1.12 bits per heavy atom. The number of carbonyl (C=O) groups excluding carboxylic acids is 1. The largest absolute Gasteiger partial charge is 0.497 e. The number of benzene rings is 2. The molecule has 1 aromatic heterocycles. The average Bonchev–Trinajstić information content (AvgIpc) is 2.65. The van der Waals surface area contributed by atoms with Gasteiger partial charge in [0.2, 0.25) is 0 Å². The summed E-state index contributed by atoms with van der Waals surface area (Å²) in [5.74, 6) is 1.59. The van der Waals surface area contributed by atoms with E-state index in [-0.39, 0.29) is 5.78 Å². The molecule has 24 heavy (non-hydrogen) atoms. The van der Waals surface area contributed by atoms with E-state index in [2.05, 4.69) is 20.9 Å². The van der Waals surface area contributed by atoms with E-state index in [1.165, 1.54) is 0 Å². The van der Waals surface area contributed by atoms with Gasteiger partial charge in [-0.05, 0) is 35.9 Å². The SMILES string of the molecule is COc1ccc(COc2ccnc3cc(C(=O)CBr)ccc23)cc1. The number of ether oxygens (including phenoxy) is 2. The molecular formula is C19H16BrNO3. The summed E-state index contributed by atoms with van der Waals surface area (Å²) in [5, 5.41) is 1.18. The van der Waals surface area contributed by atoms with Crippen LogP contribution in [0.2, 0.25) is 0 Å². The summed E-state index contributed by atoms with van der Waals surface area (Å²) in [6.45, 7) is 0.450. The first-order valence-electron chi connectivity index (χ1n) is 7.45. The lowest BCUT2D eigenvalue weighted by atomic mass is 10.1. The highest BCUT2D eigenvalue weighted by molar-refractivity contribution is 9.09. The number of alkyl halides is 1. The van der Waals surface area contributed by atoms with Gasteiger partial charge in [0.1, 0.15) is 18.1 Å². The number of aromatic nitrogens is 1. The van der Waals surface area contributed by atoms with E-state index in [1.807, 2.05) is 36.4 Å². The van der Waals surface area contributed by atoms with Crippen LogP contribution in [-0.4, -0.2) is 23.2 Å². The summed E-state index contributed by atoms with van der Waals surface area (Å²) in [7, 11) is 1.64. The number of carbonyl (C=O) groups is 1. The number of Topliss-reactive ketones (excluding diaryl/α,β-unsaturated/α-hetero) is 1. The Labute approximate surface area is 148 Å². The van der Waals surface area contributed by atoms with Gasteiger partial charge < -0.3 is 9.47 Å². The smallest absolute Gasteiger partial charge is 0.173 e. The fraction of sp³-hybridized carbons (Fsp3) is 0.158. The molecule has 0 aliphatic rings. The molecule has 4 nitrogen and oxygen atoms in total. The van der Waals surface area contributed by atoms with Gasteiger partial charge in [-0.15, -0.1) is 0 Å². The van der Waals surface area contributed by atoms with E-state index in [0.29, 0.717) is 17.5 Å². The molecule has 0 amide bonds. The highest BCUT2D eigenvalue weighted by Gasteiger charge is 2.08. The molecule has 0 atom stereocenters. The minimum Gasteiger partial charge on any atom is -0.497 e. The van der Waals surface area contributed by atoms with Crippen LogP contribution in [-0.2, 0) is 6.61 Å². The second kappa shape index (κ2) is 7.45. The summed E-state index contributed by atoms with van der Waals surface area (Å²) in [5.41, 5.74) is 2.43. The van der Waals surface area contributed by atoms with E-state index >= 15 is 0 Å². The molecule has 0 N–H and O–H groups in total. The van der Waals surface area contributed by atoms with Crippen molar-refractivity contribution in [3.05, 3.63) is 65.9 Å². The van der Waals surface area contributed by atoms with Gasteiger partial charge in [0, 0.05) is 17.1 Å². The maximum Gasteiger partial charge on any atom is 0.173 e. The molecular weight excluding hydrogens is 370 g/mol. The van der Waals surface area contributed by atoms with Crippen LogP contribution in [0.3, 0.4) is 0 Å². The Bertz CT molecular complexity index is 862. The van der Waals surface area contributed by atoms with Gasteiger partial charge in [0.25, 0.3) is 0 Å². The molecule has 0 radical (unpaired) electrons. The average molecular weight is 386 g/mol. The van der Waals surface area contributed by atoms with Crippen molar-refractivity contribution in [2.75, 3.05) is 12.4 Å². The number of rotatable bonds is 6. The van der Waals surface area contributed by atoms with E-state index in [0.717, 1.165) is 28.0 Å². The molecule has 0 aliphatic carbocycles.